The van der Waals surface area contributed by atoms with Gasteiger partial charge >= 0.3 is 0 Å². The molecule has 0 bridgehead atoms. The van der Waals surface area contributed by atoms with Crippen molar-refractivity contribution in [2.24, 2.45) is 0 Å². The lowest BCUT2D eigenvalue weighted by Crippen LogP contribution is -1.98. The second-order valence-electron chi connectivity index (χ2n) is 6.36. The van der Waals surface area contributed by atoms with Gasteiger partial charge in [0.05, 0.1) is 10.2 Å². The van der Waals surface area contributed by atoms with Crippen molar-refractivity contribution in [3.8, 4) is 11.1 Å². The van der Waals surface area contributed by atoms with Crippen LogP contribution < -0.4 is 5.73 Å². The van der Waals surface area contributed by atoms with Gasteiger partial charge in [-0.1, -0.05) is 48.9 Å². The molecule has 0 saturated carbocycles. The van der Waals surface area contributed by atoms with Gasteiger partial charge in [0.25, 0.3) is 0 Å². The molecule has 0 saturated heterocycles. The third-order valence-corrected chi connectivity index (χ3v) is 5.01. The van der Waals surface area contributed by atoms with Crippen molar-refractivity contribution in [2.45, 2.75) is 40.5 Å². The number of nitrogens with zero attached hydrogens (tertiary/aromatic N) is 1. The van der Waals surface area contributed by atoms with Gasteiger partial charge < -0.3 is 5.73 Å². The van der Waals surface area contributed by atoms with Crippen LogP contribution in [-0.4, -0.2) is 4.98 Å². The summed E-state index contributed by atoms with van der Waals surface area (Å²) in [5, 5.41) is 0.638. The molecule has 2 N–H and O–H groups in total. The maximum absolute atomic E-state index is 5.97. The fraction of sp³-hybridized carbons (Fsp3) is 0.316. The number of nitrogens with two attached hydrogens (primary N) is 1. The first kappa shape index (κ1) is 15.0. The van der Waals surface area contributed by atoms with Crippen LogP contribution in [0.2, 0.25) is 0 Å². The van der Waals surface area contributed by atoms with E-state index in [1.807, 2.05) is 0 Å². The maximum atomic E-state index is 5.97. The molecule has 0 fully saturated rings. The van der Waals surface area contributed by atoms with E-state index in [-0.39, 0.29) is 0 Å². The number of aromatic nitrogens is 1. The maximum Gasteiger partial charge on any atom is 0.181 e. The Labute approximate surface area is 136 Å². The lowest BCUT2D eigenvalue weighted by Gasteiger charge is -2.18. The van der Waals surface area contributed by atoms with Crippen LogP contribution in [0.5, 0.6) is 0 Å². The number of thiazole rings is 1. The van der Waals surface area contributed by atoms with Gasteiger partial charge in [0, 0.05) is 5.56 Å². The van der Waals surface area contributed by atoms with Gasteiger partial charge in [-0.3, -0.25) is 0 Å². The van der Waals surface area contributed by atoms with E-state index >= 15 is 0 Å². The minimum absolute atomic E-state index is 0.447. The topological polar surface area (TPSA) is 38.9 Å². The molecule has 1 aromatic heterocycles. The van der Waals surface area contributed by atoms with Gasteiger partial charge in [0.2, 0.25) is 0 Å². The Bertz CT molecular complexity index is 836. The van der Waals surface area contributed by atoms with Crippen molar-refractivity contribution in [3.05, 3.63) is 46.5 Å². The summed E-state index contributed by atoms with van der Waals surface area (Å²) in [7, 11) is 0. The fourth-order valence-corrected chi connectivity index (χ4v) is 4.09. The Hall–Kier alpha value is -1.87. The summed E-state index contributed by atoms with van der Waals surface area (Å²) in [5.74, 6) is 0.447. The van der Waals surface area contributed by atoms with Crippen LogP contribution in [-0.2, 0) is 0 Å². The molecule has 3 heteroatoms. The zero-order valence-corrected chi connectivity index (χ0v) is 14.6. The van der Waals surface area contributed by atoms with E-state index < -0.39 is 0 Å². The van der Waals surface area contributed by atoms with E-state index in [1.54, 1.807) is 11.3 Å². The van der Waals surface area contributed by atoms with Crippen LogP contribution in [0, 0.1) is 20.8 Å². The second kappa shape index (κ2) is 5.40. The summed E-state index contributed by atoms with van der Waals surface area (Å²) in [6, 6.07) is 8.89. The monoisotopic (exact) mass is 310 g/mol. The molecule has 0 aliphatic heterocycles. The van der Waals surface area contributed by atoms with Gasteiger partial charge in [-0.25, -0.2) is 4.98 Å². The number of aryl methyl sites for hydroxylation is 3. The normalized spacial score (nSPS) is 11.5. The lowest BCUT2D eigenvalue weighted by atomic mass is 9.86. The third kappa shape index (κ3) is 2.40. The lowest BCUT2D eigenvalue weighted by molar-refractivity contribution is 0.870. The molecular formula is C19H22N2S. The minimum atomic E-state index is 0.447. The van der Waals surface area contributed by atoms with E-state index in [0.717, 1.165) is 10.2 Å². The molecule has 0 aliphatic rings. The predicted molar refractivity (Wildman–Crippen MR) is 97.8 cm³/mol. The van der Waals surface area contributed by atoms with Gasteiger partial charge in [0.15, 0.2) is 5.13 Å². The van der Waals surface area contributed by atoms with E-state index in [2.05, 4.69) is 63.9 Å². The average Bonchev–Trinajstić information content (AvgIpc) is 2.77. The smallest absolute Gasteiger partial charge is 0.181 e. The van der Waals surface area contributed by atoms with Crippen LogP contribution in [0.15, 0.2) is 24.3 Å². The van der Waals surface area contributed by atoms with Crippen LogP contribution >= 0.6 is 11.3 Å². The van der Waals surface area contributed by atoms with Gasteiger partial charge in [-0.05, 0) is 55.0 Å². The van der Waals surface area contributed by atoms with Crippen LogP contribution in [0.4, 0.5) is 5.13 Å². The molecule has 1 heterocycles. The fourth-order valence-electron chi connectivity index (χ4n) is 3.34. The zero-order valence-electron chi connectivity index (χ0n) is 13.8. The Morgan fingerprint density at radius 2 is 1.64 bits per heavy atom. The number of anilines is 1. The number of benzene rings is 2. The predicted octanol–water partition coefficient (Wildman–Crippen LogP) is 5.59. The van der Waals surface area contributed by atoms with Crippen LogP contribution in [0.25, 0.3) is 21.3 Å². The molecule has 0 radical (unpaired) electrons. The highest BCUT2D eigenvalue weighted by molar-refractivity contribution is 7.22. The SMILES string of the molecule is Cc1cc(C)c(-c2c(C(C)C)ccc3sc(N)nc23)c(C)c1. The minimum Gasteiger partial charge on any atom is -0.375 e. The summed E-state index contributed by atoms with van der Waals surface area (Å²) in [6.07, 6.45) is 0. The second-order valence-corrected chi connectivity index (χ2v) is 7.42. The molecule has 0 spiro atoms. The standard InChI is InChI=1S/C19H22N2S/c1-10(2)14-6-7-15-18(21-19(20)22-15)17(14)16-12(4)8-11(3)9-13(16)5/h6-10H,1-5H3,(H2,20,21). The number of fused-ring (bicyclic) bond motifs is 1. The van der Waals surface area contributed by atoms with E-state index in [4.69, 9.17) is 5.73 Å². The third-order valence-electron chi connectivity index (χ3n) is 4.16. The van der Waals surface area contributed by atoms with Crippen molar-refractivity contribution in [3.63, 3.8) is 0 Å². The molecule has 3 aromatic rings. The summed E-state index contributed by atoms with van der Waals surface area (Å²) >= 11 is 1.56. The highest BCUT2D eigenvalue weighted by Gasteiger charge is 2.18. The molecule has 2 nitrogen and oxygen atoms in total. The van der Waals surface area contributed by atoms with Crippen molar-refractivity contribution >= 4 is 26.7 Å². The molecular weight excluding hydrogens is 288 g/mol. The van der Waals surface area contributed by atoms with Gasteiger partial charge in [-0.15, -0.1) is 0 Å². The number of rotatable bonds is 2. The number of hydrogen-bond donors (Lipinski definition) is 1. The average molecular weight is 310 g/mol. The quantitative estimate of drug-likeness (QED) is 0.669. The van der Waals surface area contributed by atoms with Gasteiger partial charge in [-0.2, -0.15) is 0 Å². The van der Waals surface area contributed by atoms with Gasteiger partial charge in [0.1, 0.15) is 0 Å². The molecule has 3 rings (SSSR count). The number of hydrogen-bond acceptors (Lipinski definition) is 3. The summed E-state index contributed by atoms with van der Waals surface area (Å²) in [5.41, 5.74) is 14.8. The first-order chi connectivity index (χ1) is 10.4. The van der Waals surface area contributed by atoms with E-state index in [0.29, 0.717) is 11.0 Å². The largest absolute Gasteiger partial charge is 0.375 e. The molecule has 2 aromatic carbocycles. The Balaban J connectivity index is 2.45. The Kier molecular flexibility index (Phi) is 3.69. The summed E-state index contributed by atoms with van der Waals surface area (Å²) < 4.78 is 1.16. The van der Waals surface area contributed by atoms with Crippen molar-refractivity contribution in [2.75, 3.05) is 5.73 Å². The van der Waals surface area contributed by atoms with Crippen molar-refractivity contribution in [1.29, 1.82) is 0 Å². The molecule has 22 heavy (non-hydrogen) atoms. The summed E-state index contributed by atoms with van der Waals surface area (Å²) in [4.78, 5) is 4.63. The Morgan fingerprint density at radius 3 is 2.23 bits per heavy atom. The van der Waals surface area contributed by atoms with Crippen LogP contribution in [0.1, 0.15) is 42.0 Å². The molecule has 0 unspecified atom stereocenters. The molecule has 114 valence electrons. The number of nitrogen functional groups attached to an aromatic ring is 1. The highest BCUT2D eigenvalue weighted by Crippen LogP contribution is 2.41. The highest BCUT2D eigenvalue weighted by atomic mass is 32.1. The van der Waals surface area contributed by atoms with Crippen LogP contribution in [0.3, 0.4) is 0 Å². The first-order valence-corrected chi connectivity index (χ1v) is 8.47. The zero-order chi connectivity index (χ0) is 16.0. The van der Waals surface area contributed by atoms with E-state index in [9.17, 15) is 0 Å². The molecule has 0 aliphatic carbocycles. The van der Waals surface area contributed by atoms with E-state index in [1.165, 1.54) is 33.4 Å². The first-order valence-electron chi connectivity index (χ1n) is 7.65. The molecule has 0 amide bonds. The van der Waals surface area contributed by atoms with Crippen molar-refractivity contribution < 1.29 is 0 Å². The molecule has 0 atom stereocenters. The Morgan fingerprint density at radius 1 is 1.00 bits per heavy atom. The van der Waals surface area contributed by atoms with Crippen molar-refractivity contribution in [1.82, 2.24) is 4.98 Å². The summed E-state index contributed by atoms with van der Waals surface area (Å²) in [6.45, 7) is 11.0.